The zero-order valence-corrected chi connectivity index (χ0v) is 13.7. The molecule has 1 saturated carbocycles. The quantitative estimate of drug-likeness (QED) is 0.664. The molecule has 1 heterocycles. The van der Waals surface area contributed by atoms with E-state index >= 15 is 0 Å². The topological polar surface area (TPSA) is 29.5 Å². The van der Waals surface area contributed by atoms with Gasteiger partial charge in [-0.25, -0.2) is 4.79 Å². The van der Waals surface area contributed by atoms with Gasteiger partial charge in [-0.2, -0.15) is 0 Å². The number of para-hydroxylation sites is 1. The maximum Gasteiger partial charge on any atom is 0.415 e. The Morgan fingerprint density at radius 2 is 1.95 bits per heavy atom. The molecule has 3 aliphatic rings. The van der Waals surface area contributed by atoms with Gasteiger partial charge in [0.15, 0.2) is 0 Å². The van der Waals surface area contributed by atoms with Crippen molar-refractivity contribution in [2.24, 2.45) is 11.8 Å². The summed E-state index contributed by atoms with van der Waals surface area (Å²) in [5.74, 6) is 1.48. The first kappa shape index (κ1) is 13.9. The van der Waals surface area contributed by atoms with Gasteiger partial charge in [0, 0.05) is 5.92 Å². The summed E-state index contributed by atoms with van der Waals surface area (Å²) in [6.45, 7) is 7.88. The van der Waals surface area contributed by atoms with Gasteiger partial charge in [-0.1, -0.05) is 30.4 Å². The van der Waals surface area contributed by atoms with Gasteiger partial charge in [0.1, 0.15) is 5.60 Å². The normalized spacial score (nSPS) is 31.4. The van der Waals surface area contributed by atoms with E-state index in [1.165, 1.54) is 12.0 Å². The fourth-order valence-electron chi connectivity index (χ4n) is 4.52. The van der Waals surface area contributed by atoms with E-state index in [0.717, 1.165) is 11.3 Å². The van der Waals surface area contributed by atoms with E-state index in [2.05, 4.69) is 37.3 Å². The molecule has 0 radical (unpaired) electrons. The molecule has 22 heavy (non-hydrogen) atoms. The Kier molecular flexibility index (Phi) is 2.76. The molecule has 4 atom stereocenters. The summed E-state index contributed by atoms with van der Waals surface area (Å²) >= 11 is 0. The molecule has 1 aromatic rings. The fourth-order valence-corrected chi connectivity index (χ4v) is 4.52. The predicted molar refractivity (Wildman–Crippen MR) is 87.2 cm³/mol. The van der Waals surface area contributed by atoms with Crippen molar-refractivity contribution in [1.82, 2.24) is 0 Å². The molecule has 1 aliphatic heterocycles. The summed E-state index contributed by atoms with van der Waals surface area (Å²) in [5.41, 5.74) is 3.11. The summed E-state index contributed by atoms with van der Waals surface area (Å²) in [5, 5.41) is 0. The van der Waals surface area contributed by atoms with Crippen molar-refractivity contribution in [1.29, 1.82) is 0 Å². The summed E-state index contributed by atoms with van der Waals surface area (Å²) in [7, 11) is 0. The fraction of sp³-hybridized carbons (Fsp3) is 0.526. The standard InChI is InChI=1S/C19H23NO2/c1-11-6-5-7-14-15-12-8-9-13(10-12)17(15)20(16(11)14)18(21)22-19(2,3)4/h5-9,12-13,15,17H,10H2,1-4H3. The average molecular weight is 297 g/mol. The van der Waals surface area contributed by atoms with E-state index in [1.54, 1.807) is 0 Å². The number of allylic oxidation sites excluding steroid dienone is 1. The third kappa shape index (κ3) is 1.84. The first-order chi connectivity index (χ1) is 10.4. The molecule has 1 aromatic carbocycles. The second-order valence-electron chi connectivity index (χ2n) is 7.83. The van der Waals surface area contributed by atoms with Crippen LogP contribution in [0.5, 0.6) is 0 Å². The van der Waals surface area contributed by atoms with Gasteiger partial charge in [0.2, 0.25) is 0 Å². The molecule has 0 N–H and O–H groups in total. The number of ether oxygens (including phenoxy) is 1. The third-order valence-corrected chi connectivity index (χ3v) is 5.18. The van der Waals surface area contributed by atoms with Gasteiger partial charge < -0.3 is 4.74 Å². The molecule has 116 valence electrons. The molecule has 0 saturated heterocycles. The van der Waals surface area contributed by atoms with Crippen LogP contribution < -0.4 is 4.90 Å². The number of fused-ring (bicyclic) bond motifs is 7. The van der Waals surface area contributed by atoms with Gasteiger partial charge >= 0.3 is 6.09 Å². The smallest absolute Gasteiger partial charge is 0.415 e. The van der Waals surface area contributed by atoms with E-state index in [9.17, 15) is 4.79 Å². The zero-order chi connectivity index (χ0) is 15.6. The van der Waals surface area contributed by atoms with Gasteiger partial charge in [-0.05, 0) is 57.1 Å². The lowest BCUT2D eigenvalue weighted by Gasteiger charge is -2.32. The van der Waals surface area contributed by atoms with Crippen molar-refractivity contribution >= 4 is 11.8 Å². The van der Waals surface area contributed by atoms with Crippen LogP contribution in [-0.2, 0) is 4.74 Å². The van der Waals surface area contributed by atoms with Crippen LogP contribution in [-0.4, -0.2) is 17.7 Å². The van der Waals surface area contributed by atoms with Gasteiger partial charge in [0.05, 0.1) is 11.7 Å². The Morgan fingerprint density at radius 3 is 2.68 bits per heavy atom. The molecular weight excluding hydrogens is 274 g/mol. The third-order valence-electron chi connectivity index (χ3n) is 5.18. The Morgan fingerprint density at radius 1 is 1.23 bits per heavy atom. The number of hydrogen-bond acceptors (Lipinski definition) is 2. The molecule has 4 unspecified atom stereocenters. The van der Waals surface area contributed by atoms with Gasteiger partial charge in [-0.15, -0.1) is 0 Å². The monoisotopic (exact) mass is 297 g/mol. The molecule has 3 heteroatoms. The zero-order valence-electron chi connectivity index (χ0n) is 13.7. The minimum absolute atomic E-state index is 0.198. The number of rotatable bonds is 0. The van der Waals surface area contributed by atoms with Crippen LogP contribution in [0.2, 0.25) is 0 Å². The van der Waals surface area contributed by atoms with Crippen LogP contribution in [0.4, 0.5) is 10.5 Å². The second kappa shape index (κ2) is 4.37. The van der Waals surface area contributed by atoms with Gasteiger partial charge in [0.25, 0.3) is 0 Å². The average Bonchev–Trinajstić information content (AvgIpc) is 3.06. The Bertz CT molecular complexity index is 671. The molecule has 2 bridgehead atoms. The van der Waals surface area contributed by atoms with E-state index in [0.29, 0.717) is 17.8 Å². The predicted octanol–water partition coefficient (Wildman–Crippen LogP) is 4.41. The summed E-state index contributed by atoms with van der Waals surface area (Å²) in [4.78, 5) is 14.8. The molecule has 4 rings (SSSR count). The van der Waals surface area contributed by atoms with E-state index < -0.39 is 5.60 Å². The SMILES string of the molecule is Cc1cccc2c1N(C(=O)OC(C)(C)C)C1C3C=CC(C3)C21. The Labute approximate surface area is 132 Å². The highest BCUT2D eigenvalue weighted by Crippen LogP contribution is 2.58. The number of aryl methyl sites for hydroxylation is 1. The van der Waals surface area contributed by atoms with Crippen LogP contribution in [0.1, 0.15) is 44.2 Å². The Hall–Kier alpha value is -1.77. The van der Waals surface area contributed by atoms with Crippen molar-refractivity contribution in [3.8, 4) is 0 Å². The number of amides is 1. The van der Waals surface area contributed by atoms with Crippen LogP contribution >= 0.6 is 0 Å². The number of benzene rings is 1. The molecule has 2 aliphatic carbocycles. The van der Waals surface area contributed by atoms with Crippen LogP contribution in [0.3, 0.4) is 0 Å². The summed E-state index contributed by atoms with van der Waals surface area (Å²) in [6.07, 6.45) is 5.61. The summed E-state index contributed by atoms with van der Waals surface area (Å²) < 4.78 is 5.71. The number of carbonyl (C=O) groups is 1. The molecule has 1 amide bonds. The number of carbonyl (C=O) groups excluding carboxylic acids is 1. The van der Waals surface area contributed by atoms with Crippen LogP contribution in [0, 0.1) is 18.8 Å². The highest BCUT2D eigenvalue weighted by atomic mass is 16.6. The lowest BCUT2D eigenvalue weighted by molar-refractivity contribution is 0.0563. The minimum atomic E-state index is -0.467. The van der Waals surface area contributed by atoms with Crippen molar-refractivity contribution < 1.29 is 9.53 Å². The highest BCUT2D eigenvalue weighted by molar-refractivity contribution is 5.94. The summed E-state index contributed by atoms with van der Waals surface area (Å²) in [6, 6.07) is 6.63. The van der Waals surface area contributed by atoms with Crippen LogP contribution in [0.15, 0.2) is 30.4 Å². The number of hydrogen-bond donors (Lipinski definition) is 0. The van der Waals surface area contributed by atoms with E-state index in [4.69, 9.17) is 4.74 Å². The van der Waals surface area contributed by atoms with Crippen molar-refractivity contribution in [2.75, 3.05) is 4.90 Å². The highest BCUT2D eigenvalue weighted by Gasteiger charge is 2.55. The number of nitrogens with zero attached hydrogens (tertiary/aromatic N) is 1. The minimum Gasteiger partial charge on any atom is -0.443 e. The van der Waals surface area contributed by atoms with Crippen LogP contribution in [0.25, 0.3) is 0 Å². The number of anilines is 1. The second-order valence-corrected chi connectivity index (χ2v) is 7.83. The molecular formula is C19H23NO2. The van der Waals surface area contributed by atoms with Crippen molar-refractivity contribution in [2.45, 2.75) is 51.7 Å². The molecule has 3 nitrogen and oxygen atoms in total. The largest absolute Gasteiger partial charge is 0.443 e. The van der Waals surface area contributed by atoms with Crippen molar-refractivity contribution in [3.05, 3.63) is 41.5 Å². The van der Waals surface area contributed by atoms with E-state index in [1.807, 2.05) is 25.7 Å². The molecule has 0 aromatic heterocycles. The lowest BCUT2D eigenvalue weighted by Crippen LogP contribution is -2.44. The maximum atomic E-state index is 12.9. The first-order valence-electron chi connectivity index (χ1n) is 8.17. The lowest BCUT2D eigenvalue weighted by atomic mass is 9.85. The Balaban J connectivity index is 1.80. The first-order valence-corrected chi connectivity index (χ1v) is 8.17. The molecule has 0 spiro atoms. The van der Waals surface area contributed by atoms with Crippen molar-refractivity contribution in [3.63, 3.8) is 0 Å². The molecule has 1 fully saturated rings. The van der Waals surface area contributed by atoms with E-state index in [-0.39, 0.29) is 12.1 Å². The maximum absolute atomic E-state index is 12.9. The van der Waals surface area contributed by atoms with Gasteiger partial charge in [-0.3, -0.25) is 4.90 Å².